The maximum absolute atomic E-state index is 11.6. The van der Waals surface area contributed by atoms with Crippen LogP contribution in [0, 0.1) is 0 Å². The Morgan fingerprint density at radius 2 is 2.08 bits per heavy atom. The van der Waals surface area contributed by atoms with Gasteiger partial charge in [-0.05, 0) is 26.0 Å². The summed E-state index contributed by atoms with van der Waals surface area (Å²) in [6, 6.07) is 7.81. The number of benzene rings is 1. The number of aliphatic imine (C=N–C) groups is 1. The van der Waals surface area contributed by atoms with Gasteiger partial charge >= 0.3 is 0 Å². The molecule has 1 rings (SSSR count). The summed E-state index contributed by atoms with van der Waals surface area (Å²) in [7, 11) is 3.37. The quantitative estimate of drug-likeness (QED) is 0.341. The Bertz CT molecular complexity index is 547. The van der Waals surface area contributed by atoms with Gasteiger partial charge in [0.1, 0.15) is 5.75 Å². The predicted molar refractivity (Wildman–Crippen MR) is 101 cm³/mol. The van der Waals surface area contributed by atoms with Crippen molar-refractivity contribution in [1.82, 2.24) is 10.6 Å². The molecule has 3 N–H and O–H groups in total. The number of hydrogen-bond donors (Lipinski definition) is 3. The van der Waals surface area contributed by atoms with E-state index in [0.717, 1.165) is 17.9 Å². The van der Waals surface area contributed by atoms with Crippen molar-refractivity contribution in [3.8, 4) is 5.75 Å². The number of guanidine groups is 1. The number of methoxy groups -OCH3 is 1. The molecule has 25 heavy (non-hydrogen) atoms. The minimum absolute atomic E-state index is 0.0180. The number of carbonyl (C=O) groups is 1. The normalized spacial score (nSPS) is 11.3. The van der Waals surface area contributed by atoms with E-state index >= 15 is 0 Å². The summed E-state index contributed by atoms with van der Waals surface area (Å²) in [6.07, 6.45) is 1.23. The molecule has 7 heteroatoms. The number of nitrogens with one attached hydrogen (secondary N) is 3. The lowest BCUT2D eigenvalue weighted by molar-refractivity contribution is -0.121. The van der Waals surface area contributed by atoms with E-state index in [-0.39, 0.29) is 11.9 Å². The minimum atomic E-state index is 0.0180. The van der Waals surface area contributed by atoms with Crippen molar-refractivity contribution < 1.29 is 14.3 Å². The molecular formula is C18H30N4O3. The van der Waals surface area contributed by atoms with Crippen LogP contribution in [-0.4, -0.2) is 51.8 Å². The van der Waals surface area contributed by atoms with Gasteiger partial charge in [0.15, 0.2) is 5.96 Å². The Hall–Kier alpha value is -2.28. The van der Waals surface area contributed by atoms with Gasteiger partial charge in [0, 0.05) is 57.9 Å². The molecule has 0 aliphatic heterocycles. The maximum atomic E-state index is 11.6. The van der Waals surface area contributed by atoms with E-state index < -0.39 is 0 Å². The van der Waals surface area contributed by atoms with Gasteiger partial charge in [-0.1, -0.05) is 6.07 Å². The topological polar surface area (TPSA) is 84.0 Å². The van der Waals surface area contributed by atoms with Crippen LogP contribution in [0.4, 0.5) is 5.69 Å². The van der Waals surface area contributed by atoms with Crippen LogP contribution in [0.5, 0.6) is 5.75 Å². The lowest BCUT2D eigenvalue weighted by Crippen LogP contribution is -2.36. The van der Waals surface area contributed by atoms with Crippen molar-refractivity contribution in [3.63, 3.8) is 0 Å². The van der Waals surface area contributed by atoms with Gasteiger partial charge in [-0.2, -0.15) is 0 Å². The molecular weight excluding hydrogens is 320 g/mol. The third kappa shape index (κ3) is 9.56. The molecule has 0 heterocycles. The largest absolute Gasteiger partial charge is 0.493 e. The Morgan fingerprint density at radius 3 is 2.76 bits per heavy atom. The number of ether oxygens (including phenoxy) is 2. The molecule has 0 spiro atoms. The number of hydrogen-bond acceptors (Lipinski definition) is 4. The van der Waals surface area contributed by atoms with E-state index in [1.165, 1.54) is 0 Å². The Balaban J connectivity index is 2.43. The van der Waals surface area contributed by atoms with E-state index in [0.29, 0.717) is 32.1 Å². The summed E-state index contributed by atoms with van der Waals surface area (Å²) in [6.45, 7) is 5.67. The molecule has 0 fully saturated rings. The highest BCUT2D eigenvalue weighted by molar-refractivity contribution is 5.93. The zero-order chi connectivity index (χ0) is 18.5. The van der Waals surface area contributed by atoms with Gasteiger partial charge in [0.2, 0.25) is 5.91 Å². The van der Waals surface area contributed by atoms with Gasteiger partial charge in [-0.15, -0.1) is 0 Å². The highest BCUT2D eigenvalue weighted by atomic mass is 16.5. The summed E-state index contributed by atoms with van der Waals surface area (Å²) in [5.41, 5.74) is 0.865. The third-order valence-electron chi connectivity index (χ3n) is 3.18. The van der Waals surface area contributed by atoms with Gasteiger partial charge in [0.05, 0.1) is 6.61 Å². The molecule has 0 bridgehead atoms. The lowest BCUT2D eigenvalue weighted by atomic mass is 10.3. The maximum Gasteiger partial charge on any atom is 0.221 e. The summed E-state index contributed by atoms with van der Waals surface area (Å²) in [5.74, 6) is 1.41. The van der Waals surface area contributed by atoms with E-state index in [1.54, 1.807) is 14.2 Å². The van der Waals surface area contributed by atoms with E-state index in [4.69, 9.17) is 9.47 Å². The molecule has 140 valence electrons. The van der Waals surface area contributed by atoms with Gasteiger partial charge in [-0.3, -0.25) is 9.79 Å². The number of nitrogens with zero attached hydrogens (tertiary/aromatic N) is 1. The molecule has 1 aromatic carbocycles. The predicted octanol–water partition coefficient (Wildman–Crippen LogP) is 2.00. The smallest absolute Gasteiger partial charge is 0.221 e. The third-order valence-corrected chi connectivity index (χ3v) is 3.18. The minimum Gasteiger partial charge on any atom is -0.493 e. The van der Waals surface area contributed by atoms with Crippen molar-refractivity contribution in [1.29, 1.82) is 0 Å². The summed E-state index contributed by atoms with van der Waals surface area (Å²) < 4.78 is 10.7. The fourth-order valence-corrected chi connectivity index (χ4v) is 2.06. The van der Waals surface area contributed by atoms with Crippen LogP contribution in [0.15, 0.2) is 29.3 Å². The zero-order valence-electron chi connectivity index (χ0n) is 15.6. The van der Waals surface area contributed by atoms with Crippen LogP contribution in [0.2, 0.25) is 0 Å². The fourth-order valence-electron chi connectivity index (χ4n) is 2.06. The summed E-state index contributed by atoms with van der Waals surface area (Å²) in [4.78, 5) is 15.8. The van der Waals surface area contributed by atoms with Crippen LogP contribution in [0.1, 0.15) is 26.7 Å². The number of carbonyl (C=O) groups excluding carboxylic acids is 1. The lowest BCUT2D eigenvalue weighted by Gasteiger charge is -2.13. The van der Waals surface area contributed by atoms with Gasteiger partial charge in [0.25, 0.3) is 0 Å². The fraction of sp³-hybridized carbons (Fsp3) is 0.556. The molecule has 0 atom stereocenters. The second kappa shape index (κ2) is 12.1. The van der Waals surface area contributed by atoms with Crippen molar-refractivity contribution in [2.45, 2.75) is 32.7 Å². The van der Waals surface area contributed by atoms with E-state index in [2.05, 4.69) is 20.9 Å². The molecule has 0 saturated carbocycles. The van der Waals surface area contributed by atoms with Crippen LogP contribution >= 0.6 is 0 Å². The highest BCUT2D eigenvalue weighted by Gasteiger charge is 2.05. The number of amides is 1. The van der Waals surface area contributed by atoms with Crippen LogP contribution in [-0.2, 0) is 9.53 Å². The monoisotopic (exact) mass is 350 g/mol. The molecule has 0 aliphatic rings. The highest BCUT2D eigenvalue weighted by Crippen LogP contribution is 2.17. The first kappa shape index (κ1) is 20.8. The molecule has 1 amide bonds. The molecule has 1 aromatic rings. The molecule has 0 saturated heterocycles. The Kier molecular flexibility index (Phi) is 10.1. The SMILES string of the molecule is CN=C(NCCC(=O)NC(C)C)Nc1cccc(OCCCOC)c1. The van der Waals surface area contributed by atoms with E-state index in [1.807, 2.05) is 38.1 Å². The molecule has 0 aromatic heterocycles. The first-order valence-corrected chi connectivity index (χ1v) is 8.54. The standard InChI is InChI=1S/C18H30N4O3/c1-14(2)21-17(23)9-10-20-18(19-3)22-15-7-5-8-16(13-15)25-12-6-11-24-4/h5,7-8,13-14H,6,9-12H2,1-4H3,(H,21,23)(H2,19,20,22). The van der Waals surface area contributed by atoms with Crippen molar-refractivity contribution in [3.05, 3.63) is 24.3 Å². The average Bonchev–Trinajstić information content (AvgIpc) is 2.57. The first-order valence-electron chi connectivity index (χ1n) is 8.54. The van der Waals surface area contributed by atoms with Gasteiger partial charge in [-0.25, -0.2) is 0 Å². The average molecular weight is 350 g/mol. The number of anilines is 1. The zero-order valence-corrected chi connectivity index (χ0v) is 15.6. The number of rotatable bonds is 10. The van der Waals surface area contributed by atoms with E-state index in [9.17, 15) is 4.79 Å². The first-order chi connectivity index (χ1) is 12.0. The second-order valence-corrected chi connectivity index (χ2v) is 5.82. The van der Waals surface area contributed by atoms with Crippen molar-refractivity contribution in [2.75, 3.05) is 39.2 Å². The second-order valence-electron chi connectivity index (χ2n) is 5.82. The Morgan fingerprint density at radius 1 is 1.28 bits per heavy atom. The van der Waals surface area contributed by atoms with Crippen LogP contribution < -0.4 is 20.7 Å². The van der Waals surface area contributed by atoms with Crippen molar-refractivity contribution >= 4 is 17.6 Å². The Labute approximate surface area is 150 Å². The summed E-state index contributed by atoms with van der Waals surface area (Å²) in [5, 5.41) is 9.17. The van der Waals surface area contributed by atoms with Crippen LogP contribution in [0.25, 0.3) is 0 Å². The molecule has 0 unspecified atom stereocenters. The molecule has 7 nitrogen and oxygen atoms in total. The van der Waals surface area contributed by atoms with Crippen LogP contribution in [0.3, 0.4) is 0 Å². The van der Waals surface area contributed by atoms with Crippen molar-refractivity contribution in [2.24, 2.45) is 4.99 Å². The molecule has 0 aliphatic carbocycles. The van der Waals surface area contributed by atoms with Gasteiger partial charge < -0.3 is 25.4 Å². The molecule has 0 radical (unpaired) electrons. The summed E-state index contributed by atoms with van der Waals surface area (Å²) >= 11 is 0.